The van der Waals surface area contributed by atoms with Crippen molar-refractivity contribution in [1.29, 1.82) is 0 Å². The van der Waals surface area contributed by atoms with Crippen molar-refractivity contribution in [3.05, 3.63) is 29.3 Å². The molecule has 1 aromatic rings. The molecule has 0 saturated carbocycles. The Morgan fingerprint density at radius 3 is 2.73 bits per heavy atom. The molecule has 8 nitrogen and oxygen atoms in total. The van der Waals surface area contributed by atoms with Crippen LogP contribution in [0.15, 0.2) is 18.2 Å². The van der Waals surface area contributed by atoms with Gasteiger partial charge in [0.25, 0.3) is 5.91 Å². The summed E-state index contributed by atoms with van der Waals surface area (Å²) < 4.78 is 5.64. The zero-order valence-corrected chi connectivity index (χ0v) is 15.6. The van der Waals surface area contributed by atoms with Crippen LogP contribution in [0.2, 0.25) is 0 Å². The maximum atomic E-state index is 12.6. The van der Waals surface area contributed by atoms with Crippen LogP contribution in [0.25, 0.3) is 0 Å². The Morgan fingerprint density at radius 2 is 2.08 bits per heavy atom. The van der Waals surface area contributed by atoms with Crippen molar-refractivity contribution in [1.82, 2.24) is 14.7 Å². The fraction of sp³-hybridized carbons (Fsp3) is 0.556. The first-order valence-corrected chi connectivity index (χ1v) is 8.67. The third kappa shape index (κ3) is 5.34. The van der Waals surface area contributed by atoms with E-state index in [-0.39, 0.29) is 12.0 Å². The molecular weight excluding hydrogens is 336 g/mol. The quantitative estimate of drug-likeness (QED) is 0.730. The highest BCUT2D eigenvalue weighted by Crippen LogP contribution is 2.14. The molecule has 1 atom stereocenters. The molecule has 0 bridgehead atoms. The van der Waals surface area contributed by atoms with Gasteiger partial charge in [0.15, 0.2) is 0 Å². The van der Waals surface area contributed by atoms with Crippen molar-refractivity contribution >= 4 is 17.7 Å². The molecule has 2 amide bonds. The number of benzene rings is 1. The molecule has 0 aromatic heterocycles. The van der Waals surface area contributed by atoms with Gasteiger partial charge < -0.3 is 25.4 Å². The predicted octanol–water partition coefficient (Wildman–Crippen LogP) is 0.960. The number of nitrogens with two attached hydrogens (primary N) is 1. The van der Waals surface area contributed by atoms with Gasteiger partial charge in [-0.1, -0.05) is 0 Å². The third-order valence-electron chi connectivity index (χ3n) is 4.61. The summed E-state index contributed by atoms with van der Waals surface area (Å²) in [6, 6.07) is 5.29. The fourth-order valence-electron chi connectivity index (χ4n) is 3.00. The number of carboxylic acid groups (broad SMARTS) is 1. The second kappa shape index (κ2) is 8.86. The second-order valence-electron chi connectivity index (χ2n) is 6.76. The number of amides is 2. The van der Waals surface area contributed by atoms with Crippen LogP contribution in [-0.4, -0.2) is 91.3 Å². The number of nitrogen functional groups attached to an aromatic ring is 1. The molecule has 0 aliphatic carbocycles. The summed E-state index contributed by atoms with van der Waals surface area (Å²) in [6.07, 6.45) is -1.11. The lowest BCUT2D eigenvalue weighted by atomic mass is 10.1. The summed E-state index contributed by atoms with van der Waals surface area (Å²) in [5.41, 5.74) is 7.91. The Balaban J connectivity index is 1.85. The molecule has 0 radical (unpaired) electrons. The fourth-order valence-corrected chi connectivity index (χ4v) is 3.00. The number of rotatable bonds is 6. The number of carbonyl (C=O) groups is 2. The number of morpholine rings is 1. The molecule has 1 fully saturated rings. The largest absolute Gasteiger partial charge is 0.465 e. The second-order valence-corrected chi connectivity index (χ2v) is 6.76. The lowest BCUT2D eigenvalue weighted by molar-refractivity contribution is -0.0393. The topological polar surface area (TPSA) is 99.3 Å². The first kappa shape index (κ1) is 20.0. The molecule has 1 unspecified atom stereocenters. The zero-order chi connectivity index (χ0) is 19.3. The van der Waals surface area contributed by atoms with Gasteiger partial charge in [-0.05, 0) is 30.7 Å². The minimum absolute atomic E-state index is 0.0297. The number of ether oxygens (including phenoxy) is 1. The molecule has 1 aliphatic heterocycles. The molecule has 0 spiro atoms. The standard InChI is InChI=1S/C18H28N4O4/c1-13-10-14(19)4-5-16(13)17(23)20(2)6-7-22-8-9-26-15(12-22)11-21(3)18(24)25/h4-5,10,15H,6-9,11-12,19H2,1-3H3,(H,24,25). The highest BCUT2D eigenvalue weighted by atomic mass is 16.5. The van der Waals surface area contributed by atoms with Crippen molar-refractivity contribution in [2.45, 2.75) is 13.0 Å². The molecule has 1 aliphatic rings. The molecule has 26 heavy (non-hydrogen) atoms. The van der Waals surface area contributed by atoms with Crippen molar-refractivity contribution in [2.75, 3.05) is 59.2 Å². The number of hydrogen-bond acceptors (Lipinski definition) is 5. The SMILES string of the molecule is Cc1cc(N)ccc1C(=O)N(C)CCN1CCOC(CN(C)C(=O)O)C1. The highest BCUT2D eigenvalue weighted by molar-refractivity contribution is 5.95. The summed E-state index contributed by atoms with van der Waals surface area (Å²) in [5.74, 6) is -0.0297. The van der Waals surface area contributed by atoms with Gasteiger partial charge in [-0.2, -0.15) is 0 Å². The molecule has 1 aromatic carbocycles. The minimum atomic E-state index is -0.963. The molecule has 1 saturated heterocycles. The summed E-state index contributed by atoms with van der Waals surface area (Å²) in [4.78, 5) is 28.7. The van der Waals surface area contributed by atoms with Gasteiger partial charge in [0.1, 0.15) is 0 Å². The molecule has 2 rings (SSSR count). The Kier molecular flexibility index (Phi) is 6.82. The summed E-state index contributed by atoms with van der Waals surface area (Å²) in [7, 11) is 3.32. The third-order valence-corrected chi connectivity index (χ3v) is 4.61. The van der Waals surface area contributed by atoms with Crippen LogP contribution in [0, 0.1) is 6.92 Å². The summed E-state index contributed by atoms with van der Waals surface area (Å²) >= 11 is 0. The van der Waals surface area contributed by atoms with E-state index >= 15 is 0 Å². The van der Waals surface area contributed by atoms with Crippen LogP contribution >= 0.6 is 0 Å². The molecule has 3 N–H and O–H groups in total. The number of aryl methyl sites for hydroxylation is 1. The van der Waals surface area contributed by atoms with Gasteiger partial charge in [0, 0.05) is 51.5 Å². The average molecular weight is 364 g/mol. The summed E-state index contributed by atoms with van der Waals surface area (Å²) in [5, 5.41) is 8.97. The van der Waals surface area contributed by atoms with Gasteiger partial charge in [-0.15, -0.1) is 0 Å². The first-order valence-electron chi connectivity index (χ1n) is 8.67. The van der Waals surface area contributed by atoms with Crippen molar-refractivity contribution < 1.29 is 19.4 Å². The number of hydrogen-bond donors (Lipinski definition) is 2. The lowest BCUT2D eigenvalue weighted by Crippen LogP contribution is -2.49. The molecule has 8 heteroatoms. The maximum absolute atomic E-state index is 12.6. The van der Waals surface area contributed by atoms with Gasteiger partial charge in [0.05, 0.1) is 19.3 Å². The minimum Gasteiger partial charge on any atom is -0.465 e. The number of likely N-dealkylation sites (N-methyl/N-ethyl adjacent to an activating group) is 2. The van der Waals surface area contributed by atoms with Crippen molar-refractivity contribution in [3.8, 4) is 0 Å². The Hall–Kier alpha value is -2.32. The van der Waals surface area contributed by atoms with Crippen LogP contribution in [-0.2, 0) is 4.74 Å². The van der Waals surface area contributed by atoms with E-state index in [0.717, 1.165) is 12.1 Å². The van der Waals surface area contributed by atoms with E-state index in [1.165, 1.54) is 11.9 Å². The number of anilines is 1. The Bertz CT molecular complexity index is 652. The van der Waals surface area contributed by atoms with Gasteiger partial charge >= 0.3 is 6.09 Å². The van der Waals surface area contributed by atoms with E-state index in [9.17, 15) is 9.59 Å². The smallest absolute Gasteiger partial charge is 0.407 e. The normalized spacial score (nSPS) is 17.7. The van der Waals surface area contributed by atoms with E-state index in [2.05, 4.69) is 4.90 Å². The Morgan fingerprint density at radius 1 is 1.35 bits per heavy atom. The van der Waals surface area contributed by atoms with E-state index < -0.39 is 6.09 Å². The zero-order valence-electron chi connectivity index (χ0n) is 15.6. The van der Waals surface area contributed by atoms with E-state index in [1.54, 1.807) is 30.1 Å². The van der Waals surface area contributed by atoms with Crippen LogP contribution in [0.1, 0.15) is 15.9 Å². The van der Waals surface area contributed by atoms with Crippen molar-refractivity contribution in [3.63, 3.8) is 0 Å². The average Bonchev–Trinajstić information content (AvgIpc) is 2.59. The van der Waals surface area contributed by atoms with E-state index in [4.69, 9.17) is 15.6 Å². The molecule has 1 heterocycles. The van der Waals surface area contributed by atoms with Gasteiger partial charge in [-0.25, -0.2) is 4.79 Å². The van der Waals surface area contributed by atoms with Crippen LogP contribution in [0.3, 0.4) is 0 Å². The monoisotopic (exact) mass is 364 g/mol. The first-order chi connectivity index (χ1) is 12.3. The highest BCUT2D eigenvalue weighted by Gasteiger charge is 2.24. The maximum Gasteiger partial charge on any atom is 0.407 e. The molecular formula is C18H28N4O4. The van der Waals surface area contributed by atoms with Gasteiger partial charge in [0.2, 0.25) is 0 Å². The molecule has 144 valence electrons. The van der Waals surface area contributed by atoms with Gasteiger partial charge in [-0.3, -0.25) is 9.69 Å². The lowest BCUT2D eigenvalue weighted by Gasteiger charge is -2.35. The van der Waals surface area contributed by atoms with E-state index in [0.29, 0.717) is 44.0 Å². The van der Waals surface area contributed by atoms with E-state index in [1.807, 2.05) is 6.92 Å². The van der Waals surface area contributed by atoms with Crippen LogP contribution in [0.4, 0.5) is 10.5 Å². The predicted molar refractivity (Wildman–Crippen MR) is 99.4 cm³/mol. The van der Waals surface area contributed by atoms with Crippen LogP contribution in [0.5, 0.6) is 0 Å². The summed E-state index contributed by atoms with van der Waals surface area (Å²) in [6.45, 7) is 5.51. The number of nitrogens with zero attached hydrogens (tertiary/aromatic N) is 3. The van der Waals surface area contributed by atoms with Crippen molar-refractivity contribution in [2.24, 2.45) is 0 Å². The Labute approximate surface area is 154 Å². The number of carbonyl (C=O) groups excluding carboxylic acids is 1. The van der Waals surface area contributed by atoms with Crippen LogP contribution < -0.4 is 5.73 Å².